The Hall–Kier alpha value is -12.6. The van der Waals surface area contributed by atoms with Crippen molar-refractivity contribution in [3.63, 3.8) is 0 Å². The smallest absolute Gasteiger partial charge is 0.303 e. The lowest BCUT2D eigenvalue weighted by molar-refractivity contribution is -0.143. The van der Waals surface area contributed by atoms with Crippen LogP contribution in [0.2, 0.25) is 0 Å². The van der Waals surface area contributed by atoms with Crippen LogP contribution in [-0.4, -0.2) is 234 Å². The first-order valence-corrected chi connectivity index (χ1v) is 49.6. The molecule has 0 bridgehead atoms. The van der Waals surface area contributed by atoms with Gasteiger partial charge in [-0.2, -0.15) is 0 Å². The number of guanidine groups is 2. The first-order valence-electron chi connectivity index (χ1n) is 47.7. The predicted octanol–water partition coefficient (Wildman–Crippen LogP) is 4.08. The van der Waals surface area contributed by atoms with Crippen molar-refractivity contribution in [1.82, 2.24) is 72.3 Å². The first-order chi connectivity index (χ1) is 64.9. The molecular weight excluding hydrogens is 1750 g/mol. The number of Topliss-reactive ketones (excluding diaryl/α,β-unsaturated/α-hetero) is 2. The molecule has 135 heavy (non-hydrogen) atoms. The first kappa shape index (κ1) is 103. The van der Waals surface area contributed by atoms with Crippen molar-refractivity contribution >= 4 is 126 Å². The third kappa shape index (κ3) is 31.8. The zero-order valence-electron chi connectivity index (χ0n) is 77.0. The maximum absolute atomic E-state index is 14.7. The summed E-state index contributed by atoms with van der Waals surface area (Å²) in [6.45, 7) is 0.954. The standard InChI is InChI=1S/C50H68N10O9.C47H66N10O8S/c51-50(52)54-24-9-16-33-29-42(61)38(28-34-30-55-36-18-8-7-17-35(34)36)58-47(67)40(27-32-14-5-2-6-15-32)59-48(68)41-20-11-25-60(41)49(69)37(19-10-23-53-45(33)65)57-46(66)39(26-31-12-3-1-4-13-31)56-43(62)21-22-44(63)64;1-66(64,65)56-39(26-31-15-6-3-7-16-31)44(61)53-36-20-11-22-50-42(59)32(17-10-23-51-47(48)49)28-41(58)37(27-33-29-52-35-19-9-8-18-34(33)35)54-43(60)38(25-30-13-4-2-5-14-30)55-45(62)40-21-12-24-57(40)46(36)63/h1,3-4,7-8,12-13,17-18,30,32-33,37-41,55H,2,5-6,9-11,14-16,19-29H2,(H,53,65)(H,56,62)(H,57,66)(H,58,67)(H,59,68)(H,63,64)(H4,51,52,54);3,6-9,15-16,18-19,29-30,32,36-40,52,56H,2,4-5,10-14,17,20-28H2,1H3,(H,50,59)(H,53,61)(H,54,60)(H,55,62)(H4,48,49,51)/t33-,37+,38+,39+,40-,41+;32-,36+,37+,38-,39+,40+/m11/s1. The summed E-state index contributed by atoms with van der Waals surface area (Å²) >= 11 is 0. The number of nitrogens with one attached hydrogen (secondary N) is 12. The van der Waals surface area contributed by atoms with Crippen molar-refractivity contribution < 1.29 is 80.6 Å². The van der Waals surface area contributed by atoms with Gasteiger partial charge in [0.2, 0.25) is 75.0 Å². The average Bonchev–Trinajstić information content (AvgIpc) is 1.53. The number of aromatic nitrogens is 2. The number of benzene rings is 4. The third-order valence-electron chi connectivity index (χ3n) is 26.4. The molecule has 2 saturated carbocycles. The van der Waals surface area contributed by atoms with Crippen molar-refractivity contribution in [1.29, 1.82) is 0 Å². The Morgan fingerprint density at radius 2 is 0.867 bits per heavy atom. The lowest BCUT2D eigenvalue weighted by Gasteiger charge is -2.32. The fraction of sp³-hybridized carbons (Fsp3) is 0.546. The molecule has 38 heteroatoms. The second-order valence-corrected chi connectivity index (χ2v) is 38.5. The molecule has 4 aromatic carbocycles. The fourth-order valence-corrected chi connectivity index (χ4v) is 20.0. The van der Waals surface area contributed by atoms with Gasteiger partial charge in [-0.3, -0.25) is 77.1 Å². The summed E-state index contributed by atoms with van der Waals surface area (Å²) in [4.78, 5) is 215. The number of amides is 11. The number of nitrogens with two attached hydrogens (primary N) is 4. The van der Waals surface area contributed by atoms with Crippen molar-refractivity contribution in [2.45, 2.75) is 266 Å². The molecule has 6 aliphatic rings. The van der Waals surface area contributed by atoms with Gasteiger partial charge in [-0.1, -0.05) is 161 Å². The number of aliphatic imine (C=N–C) groups is 2. The highest BCUT2D eigenvalue weighted by Crippen LogP contribution is 2.33. The number of carbonyl (C=O) groups excluding carboxylic acids is 13. The van der Waals surface area contributed by atoms with Crippen molar-refractivity contribution in [2.24, 2.45) is 56.6 Å². The van der Waals surface area contributed by atoms with E-state index in [-0.39, 0.29) is 158 Å². The van der Waals surface area contributed by atoms with Crippen LogP contribution in [0.3, 0.4) is 0 Å². The number of carboxylic acid groups (broad SMARTS) is 1. The Morgan fingerprint density at radius 3 is 1.28 bits per heavy atom. The number of nitrogens with zero attached hydrogens (tertiary/aromatic N) is 4. The van der Waals surface area contributed by atoms with Crippen LogP contribution in [0.25, 0.3) is 21.8 Å². The van der Waals surface area contributed by atoms with Crippen molar-refractivity contribution in [3.05, 3.63) is 144 Å². The molecule has 6 aromatic rings. The van der Waals surface area contributed by atoms with E-state index in [2.05, 4.69) is 72.5 Å². The summed E-state index contributed by atoms with van der Waals surface area (Å²) < 4.78 is 27.4. The van der Waals surface area contributed by atoms with Crippen molar-refractivity contribution in [3.8, 4) is 0 Å². The number of carbonyl (C=O) groups is 14. The lowest BCUT2D eigenvalue weighted by atomic mass is 9.84. The highest BCUT2D eigenvalue weighted by atomic mass is 32.2. The largest absolute Gasteiger partial charge is 0.481 e. The molecule has 6 heterocycles. The Kier molecular flexibility index (Phi) is 39.0. The van der Waals surface area contributed by atoms with Crippen LogP contribution < -0.4 is 75.5 Å². The van der Waals surface area contributed by atoms with E-state index < -0.39 is 160 Å². The molecule has 12 rings (SSSR count). The van der Waals surface area contributed by atoms with E-state index in [1.165, 1.54) is 9.80 Å². The van der Waals surface area contributed by atoms with E-state index in [0.717, 1.165) is 103 Å². The SMILES string of the molecule is CS(=O)(=O)N[C@@H](Cc1ccccc1)C(=O)N[C@H]1CCCNC(=O)[C@H](CCCN=C(N)N)CC(=O)[C@H](Cc2c[nH]c3ccccc23)NC(=O)[C@@H](CC2CCCCC2)NC(=O)[C@@H]2CCCN2C1=O.NC(N)=NCCC[C@@H]1CC(=O)[C@H](Cc2c[nH]c3ccccc23)NC(=O)[C@@H](CC2CCCCC2)NC(=O)[C@@H]2CCCN2C(=O)[C@@H](NC(=O)[C@H](Cc2ccccc2)NC(=O)CCC(=O)O)CCCNC1=O. The second-order valence-electron chi connectivity index (χ2n) is 36.7. The van der Waals surface area contributed by atoms with Gasteiger partial charge < -0.3 is 95.7 Å². The number of hydrogen-bond acceptors (Lipinski definition) is 18. The number of fused-ring (bicyclic) bond motifs is 4. The lowest BCUT2D eigenvalue weighted by Crippen LogP contribution is -2.59. The van der Waals surface area contributed by atoms with E-state index in [1.54, 1.807) is 66.9 Å². The third-order valence-corrected chi connectivity index (χ3v) is 27.1. The molecule has 0 radical (unpaired) electrons. The van der Waals surface area contributed by atoms with Gasteiger partial charge in [0, 0.05) is 124 Å². The number of para-hydroxylation sites is 2. The fourth-order valence-electron chi connectivity index (χ4n) is 19.3. The predicted molar refractivity (Wildman–Crippen MR) is 509 cm³/mol. The normalized spacial score (nSPS) is 23.3. The minimum Gasteiger partial charge on any atom is -0.481 e. The highest BCUT2D eigenvalue weighted by molar-refractivity contribution is 7.88. The van der Waals surface area contributed by atoms with Gasteiger partial charge >= 0.3 is 5.97 Å². The number of carboxylic acids is 1. The maximum Gasteiger partial charge on any atom is 0.303 e. The number of ketones is 2. The molecular formula is C97H134N20O17S. The average molecular weight is 1880 g/mol. The van der Waals surface area contributed by atoms with E-state index in [0.29, 0.717) is 62.5 Å². The zero-order chi connectivity index (χ0) is 96.5. The molecule has 21 N–H and O–H groups in total. The van der Waals surface area contributed by atoms with E-state index >= 15 is 0 Å². The van der Waals surface area contributed by atoms with Crippen LogP contribution in [0.15, 0.2) is 132 Å². The van der Waals surface area contributed by atoms with Gasteiger partial charge in [-0.05, 0) is 143 Å². The minimum atomic E-state index is -3.88. The van der Waals surface area contributed by atoms with Crippen LogP contribution in [0.1, 0.15) is 202 Å². The topological polar surface area (TPSA) is 581 Å². The molecule has 0 spiro atoms. The summed E-state index contributed by atoms with van der Waals surface area (Å²) in [6.07, 6.45) is 17.1. The molecule has 0 unspecified atom stereocenters. The summed E-state index contributed by atoms with van der Waals surface area (Å²) in [6, 6.07) is 22.0. The molecule has 11 amide bonds. The quantitative estimate of drug-likeness (QED) is 0.0172. The minimum absolute atomic E-state index is 0.00182. The second kappa shape index (κ2) is 51.2. The van der Waals surface area contributed by atoms with Gasteiger partial charge in [0.1, 0.15) is 48.3 Å². The highest BCUT2D eigenvalue weighted by Gasteiger charge is 2.44. The zero-order valence-corrected chi connectivity index (χ0v) is 77.8. The molecule has 730 valence electrons. The summed E-state index contributed by atoms with van der Waals surface area (Å²) in [5.74, 6) is -9.68. The Balaban J connectivity index is 0.000000260. The van der Waals surface area contributed by atoms with Crippen LogP contribution in [0.5, 0.6) is 0 Å². The molecule has 2 aromatic heterocycles. The molecule has 2 aliphatic carbocycles. The summed E-state index contributed by atoms with van der Waals surface area (Å²) in [5, 5.41) is 37.1. The summed E-state index contributed by atoms with van der Waals surface area (Å²) in [7, 11) is -3.88. The molecule has 4 saturated heterocycles. The van der Waals surface area contributed by atoms with E-state index in [4.69, 9.17) is 22.9 Å². The number of aromatic amines is 2. The van der Waals surface area contributed by atoms with Crippen LogP contribution in [0, 0.1) is 23.7 Å². The number of hydrogen-bond donors (Lipinski definition) is 17. The van der Waals surface area contributed by atoms with E-state index in [9.17, 15) is 80.6 Å². The summed E-state index contributed by atoms with van der Waals surface area (Å²) in [5.41, 5.74) is 27.0. The number of H-pyrrole nitrogens is 2. The van der Waals surface area contributed by atoms with Gasteiger partial charge in [-0.25, -0.2) is 13.1 Å². The molecule has 37 nitrogen and oxygen atoms in total. The monoisotopic (exact) mass is 1880 g/mol. The van der Waals surface area contributed by atoms with Crippen LogP contribution in [0.4, 0.5) is 0 Å². The van der Waals surface area contributed by atoms with Crippen LogP contribution >= 0.6 is 0 Å². The van der Waals surface area contributed by atoms with Gasteiger partial charge in [-0.15, -0.1) is 0 Å². The molecule has 6 fully saturated rings. The Labute approximate surface area is 787 Å². The number of sulfonamides is 1. The Bertz CT molecular complexity index is 5260. The van der Waals surface area contributed by atoms with Gasteiger partial charge in [0.15, 0.2) is 23.5 Å². The van der Waals surface area contributed by atoms with Gasteiger partial charge in [0.25, 0.3) is 0 Å². The number of aliphatic carboxylic acids is 1. The maximum atomic E-state index is 14.7. The van der Waals surface area contributed by atoms with Crippen molar-refractivity contribution in [2.75, 3.05) is 45.5 Å². The number of rotatable bonds is 30. The molecule has 12 atom stereocenters. The Morgan fingerprint density at radius 1 is 0.467 bits per heavy atom. The van der Waals surface area contributed by atoms with Gasteiger partial charge in [0.05, 0.1) is 24.8 Å². The van der Waals surface area contributed by atoms with E-state index in [1.807, 2.05) is 54.7 Å². The van der Waals surface area contributed by atoms with Crippen LogP contribution in [-0.2, 0) is 103 Å². The molecule has 4 aliphatic heterocycles.